The average Bonchev–Trinajstić information content (AvgIpc) is 3.31. The molecule has 0 spiro atoms. The van der Waals surface area contributed by atoms with Crippen LogP contribution in [0.5, 0.6) is 0 Å². The normalized spacial score (nSPS) is 20.2. The van der Waals surface area contributed by atoms with Gasteiger partial charge in [-0.25, -0.2) is 4.79 Å². The van der Waals surface area contributed by atoms with Crippen LogP contribution in [0.3, 0.4) is 0 Å². The Morgan fingerprint density at radius 1 is 1.06 bits per heavy atom. The van der Waals surface area contributed by atoms with Crippen LogP contribution in [-0.4, -0.2) is 46.9 Å². The number of anilines is 1. The minimum absolute atomic E-state index is 0.171. The molecule has 2 aliphatic rings. The van der Waals surface area contributed by atoms with Crippen molar-refractivity contribution in [3.8, 4) is 0 Å². The molecule has 1 saturated carbocycles. The first-order chi connectivity index (χ1) is 15.3. The van der Waals surface area contributed by atoms with Gasteiger partial charge >= 0.3 is 6.09 Å². The van der Waals surface area contributed by atoms with Gasteiger partial charge in [0.2, 0.25) is 0 Å². The number of amides is 4. The number of thiophene rings is 1. The first kappa shape index (κ1) is 22.3. The number of imide groups is 1. The fourth-order valence-corrected chi connectivity index (χ4v) is 5.27. The molecule has 1 aliphatic heterocycles. The van der Waals surface area contributed by atoms with Gasteiger partial charge in [0.15, 0.2) is 0 Å². The molecule has 1 aromatic carbocycles. The number of carbonyl (C=O) groups is 4. The maximum atomic E-state index is 13.1. The number of hydrogen-bond donors (Lipinski definition) is 3. The summed E-state index contributed by atoms with van der Waals surface area (Å²) in [6, 6.07) is 8.08. The highest BCUT2D eigenvalue weighted by Gasteiger charge is 2.39. The van der Waals surface area contributed by atoms with Gasteiger partial charge in [-0.3, -0.25) is 19.3 Å². The minimum atomic E-state index is -1.02. The van der Waals surface area contributed by atoms with Crippen molar-refractivity contribution in [2.24, 2.45) is 11.8 Å². The molecule has 1 aliphatic carbocycles. The summed E-state index contributed by atoms with van der Waals surface area (Å²) < 4.78 is 0.485. The van der Waals surface area contributed by atoms with Gasteiger partial charge in [0.05, 0.1) is 26.0 Å². The number of rotatable bonds is 6. The lowest BCUT2D eigenvalue weighted by molar-refractivity contribution is 0.0609. The largest absolute Gasteiger partial charge is 0.465 e. The quantitative estimate of drug-likeness (QED) is 0.538. The molecule has 2 heterocycles. The van der Waals surface area contributed by atoms with Crippen LogP contribution in [0, 0.1) is 11.8 Å². The monoisotopic (exact) mass is 475 g/mol. The van der Waals surface area contributed by atoms with Gasteiger partial charge in [0.25, 0.3) is 17.7 Å². The maximum absolute atomic E-state index is 13.1. The topological polar surface area (TPSA) is 116 Å². The van der Waals surface area contributed by atoms with Crippen molar-refractivity contribution in [2.75, 3.05) is 18.4 Å². The SMILES string of the molecule is O=C(O)NCC1CCC(CN2C(=O)c3cccc(NC(=O)c4ccc(Cl)s4)c3C2=O)CC1. The summed E-state index contributed by atoms with van der Waals surface area (Å²) in [5, 5.41) is 13.9. The standard InChI is InChI=1S/C22H22ClN3O5S/c23-17-9-8-16(32-17)19(27)25-15-3-1-2-14-18(15)21(29)26(20(14)28)11-13-6-4-12(5-7-13)10-24-22(30)31/h1-3,8-9,12-13,24H,4-7,10-11H2,(H,25,27)(H,30,31). The van der Waals surface area contributed by atoms with Crippen molar-refractivity contribution in [1.82, 2.24) is 10.2 Å². The third-order valence-electron chi connectivity index (χ3n) is 5.99. The fraction of sp³-hybridized carbons (Fsp3) is 0.364. The smallest absolute Gasteiger partial charge is 0.404 e. The molecule has 1 fully saturated rings. The zero-order valence-electron chi connectivity index (χ0n) is 17.1. The Morgan fingerprint density at radius 2 is 1.78 bits per heavy atom. The van der Waals surface area contributed by atoms with E-state index in [0.717, 1.165) is 37.0 Å². The van der Waals surface area contributed by atoms with E-state index in [1.807, 2.05) is 0 Å². The third-order valence-corrected chi connectivity index (χ3v) is 7.22. The second kappa shape index (κ2) is 9.30. The van der Waals surface area contributed by atoms with E-state index in [1.54, 1.807) is 30.3 Å². The number of hydrogen-bond acceptors (Lipinski definition) is 5. The molecule has 10 heteroatoms. The van der Waals surface area contributed by atoms with Gasteiger partial charge in [0, 0.05) is 13.1 Å². The van der Waals surface area contributed by atoms with Gasteiger partial charge in [-0.2, -0.15) is 0 Å². The summed E-state index contributed by atoms with van der Waals surface area (Å²) >= 11 is 7.03. The summed E-state index contributed by atoms with van der Waals surface area (Å²) in [4.78, 5) is 50.9. The van der Waals surface area contributed by atoms with E-state index in [9.17, 15) is 19.2 Å². The summed E-state index contributed by atoms with van der Waals surface area (Å²) in [6.45, 7) is 0.743. The number of nitrogens with zero attached hydrogens (tertiary/aromatic N) is 1. The Bertz CT molecular complexity index is 1080. The number of halogens is 1. The summed E-state index contributed by atoms with van der Waals surface area (Å²) in [5.41, 5.74) is 0.811. The van der Waals surface area contributed by atoms with Crippen molar-refractivity contribution in [3.05, 3.63) is 50.7 Å². The zero-order chi connectivity index (χ0) is 22.8. The summed E-state index contributed by atoms with van der Waals surface area (Å²) in [5.74, 6) is -0.696. The van der Waals surface area contributed by atoms with E-state index < -0.39 is 12.0 Å². The maximum Gasteiger partial charge on any atom is 0.404 e. The molecule has 4 amide bonds. The van der Waals surface area contributed by atoms with Crippen LogP contribution in [-0.2, 0) is 0 Å². The lowest BCUT2D eigenvalue weighted by Gasteiger charge is -2.30. The van der Waals surface area contributed by atoms with Gasteiger partial charge in [-0.1, -0.05) is 17.7 Å². The van der Waals surface area contributed by atoms with Crippen LogP contribution >= 0.6 is 22.9 Å². The van der Waals surface area contributed by atoms with Crippen molar-refractivity contribution in [3.63, 3.8) is 0 Å². The van der Waals surface area contributed by atoms with Crippen LogP contribution in [0.2, 0.25) is 4.34 Å². The molecule has 4 rings (SSSR count). The predicted molar refractivity (Wildman–Crippen MR) is 121 cm³/mol. The number of carbonyl (C=O) groups excluding carboxylic acids is 3. The fourth-order valence-electron chi connectivity index (χ4n) is 4.33. The molecule has 32 heavy (non-hydrogen) atoms. The summed E-state index contributed by atoms with van der Waals surface area (Å²) in [7, 11) is 0. The number of fused-ring (bicyclic) bond motifs is 1. The van der Waals surface area contributed by atoms with Gasteiger partial charge in [-0.05, 0) is 61.8 Å². The third kappa shape index (κ3) is 4.63. The highest BCUT2D eigenvalue weighted by atomic mass is 35.5. The number of benzene rings is 1. The first-order valence-electron chi connectivity index (χ1n) is 10.4. The zero-order valence-corrected chi connectivity index (χ0v) is 18.7. The Morgan fingerprint density at radius 3 is 2.44 bits per heavy atom. The number of nitrogens with one attached hydrogen (secondary N) is 2. The molecule has 0 atom stereocenters. The van der Waals surface area contributed by atoms with Gasteiger partial charge in [0.1, 0.15) is 0 Å². The summed E-state index contributed by atoms with van der Waals surface area (Å²) in [6.07, 6.45) is 2.31. The average molecular weight is 476 g/mol. The van der Waals surface area contributed by atoms with Crippen molar-refractivity contribution in [1.29, 1.82) is 0 Å². The van der Waals surface area contributed by atoms with Gasteiger partial charge < -0.3 is 15.7 Å². The Labute approximate surface area is 193 Å². The molecule has 8 nitrogen and oxygen atoms in total. The molecule has 2 aromatic rings. The van der Waals surface area contributed by atoms with Crippen LogP contribution < -0.4 is 10.6 Å². The van der Waals surface area contributed by atoms with E-state index in [4.69, 9.17) is 16.7 Å². The van der Waals surface area contributed by atoms with E-state index in [-0.39, 0.29) is 34.8 Å². The Kier molecular flexibility index (Phi) is 6.48. The van der Waals surface area contributed by atoms with E-state index in [1.165, 1.54) is 4.90 Å². The molecule has 0 bridgehead atoms. The van der Waals surface area contributed by atoms with Crippen LogP contribution in [0.4, 0.5) is 10.5 Å². The van der Waals surface area contributed by atoms with Crippen LogP contribution in [0.15, 0.2) is 30.3 Å². The lowest BCUT2D eigenvalue weighted by Crippen LogP contribution is -2.37. The molecule has 3 N–H and O–H groups in total. The van der Waals surface area contributed by atoms with Crippen molar-refractivity contribution in [2.45, 2.75) is 25.7 Å². The van der Waals surface area contributed by atoms with Crippen molar-refractivity contribution >= 4 is 52.4 Å². The van der Waals surface area contributed by atoms with Crippen LogP contribution in [0.1, 0.15) is 56.1 Å². The second-order valence-corrected chi connectivity index (χ2v) is 9.79. The highest BCUT2D eigenvalue weighted by molar-refractivity contribution is 7.18. The Balaban J connectivity index is 1.42. The van der Waals surface area contributed by atoms with E-state index >= 15 is 0 Å². The molecule has 1 aromatic heterocycles. The predicted octanol–water partition coefficient (Wildman–Crippen LogP) is 4.32. The molecular weight excluding hydrogens is 454 g/mol. The number of carboxylic acid groups (broad SMARTS) is 1. The minimum Gasteiger partial charge on any atom is -0.465 e. The second-order valence-electron chi connectivity index (χ2n) is 8.08. The van der Waals surface area contributed by atoms with E-state index in [2.05, 4.69) is 10.6 Å². The Hall–Kier alpha value is -2.91. The molecule has 0 radical (unpaired) electrons. The highest BCUT2D eigenvalue weighted by Crippen LogP contribution is 2.34. The van der Waals surface area contributed by atoms with E-state index in [0.29, 0.717) is 28.0 Å². The van der Waals surface area contributed by atoms with Gasteiger partial charge in [-0.15, -0.1) is 11.3 Å². The lowest BCUT2D eigenvalue weighted by atomic mass is 9.81. The first-order valence-corrected chi connectivity index (χ1v) is 11.6. The molecule has 0 unspecified atom stereocenters. The molecular formula is C22H22ClN3O5S. The van der Waals surface area contributed by atoms with Crippen molar-refractivity contribution < 1.29 is 24.3 Å². The molecule has 0 saturated heterocycles. The molecule has 168 valence electrons. The van der Waals surface area contributed by atoms with Crippen LogP contribution in [0.25, 0.3) is 0 Å².